The molecular weight excluding hydrogens is 214 g/mol. The Labute approximate surface area is 103 Å². The van der Waals surface area contributed by atoms with E-state index in [1.54, 1.807) is 0 Å². The Morgan fingerprint density at radius 3 is 2.41 bits per heavy atom. The fraction of sp³-hybridized carbons (Fsp3) is 0.571. The van der Waals surface area contributed by atoms with Gasteiger partial charge >= 0.3 is 0 Å². The van der Waals surface area contributed by atoms with Gasteiger partial charge in [0.2, 0.25) is 0 Å². The van der Waals surface area contributed by atoms with E-state index < -0.39 is 6.10 Å². The van der Waals surface area contributed by atoms with Crippen LogP contribution in [0.25, 0.3) is 0 Å². The van der Waals surface area contributed by atoms with Crippen LogP contribution < -0.4 is 5.32 Å². The van der Waals surface area contributed by atoms with Gasteiger partial charge in [-0.25, -0.2) is 0 Å². The normalized spacial score (nSPS) is 12.6. The number of aliphatic hydroxyl groups excluding tert-OH is 2. The van der Waals surface area contributed by atoms with Gasteiger partial charge in [-0.05, 0) is 24.9 Å². The summed E-state index contributed by atoms with van der Waals surface area (Å²) in [5, 5.41) is 21.7. The van der Waals surface area contributed by atoms with Gasteiger partial charge in [0.1, 0.15) is 0 Å². The highest BCUT2D eigenvalue weighted by Crippen LogP contribution is 2.10. The van der Waals surface area contributed by atoms with Gasteiger partial charge in [-0.1, -0.05) is 43.2 Å². The van der Waals surface area contributed by atoms with E-state index in [-0.39, 0.29) is 0 Å². The second-order valence-electron chi connectivity index (χ2n) is 4.27. The molecule has 1 atom stereocenters. The fourth-order valence-corrected chi connectivity index (χ4v) is 1.75. The minimum Gasteiger partial charge on any atom is -0.396 e. The van der Waals surface area contributed by atoms with Crippen LogP contribution in [-0.2, 0) is 0 Å². The summed E-state index contributed by atoms with van der Waals surface area (Å²) in [6.45, 7) is 1.82. The molecule has 1 unspecified atom stereocenters. The molecule has 0 spiro atoms. The molecule has 0 heterocycles. The molecule has 17 heavy (non-hydrogen) atoms. The Morgan fingerprint density at radius 1 is 1.00 bits per heavy atom. The van der Waals surface area contributed by atoms with E-state index in [1.165, 1.54) is 0 Å². The first-order valence-corrected chi connectivity index (χ1v) is 6.39. The molecule has 0 aliphatic heterocycles. The lowest BCUT2D eigenvalue weighted by Gasteiger charge is -2.11. The van der Waals surface area contributed by atoms with Crippen molar-refractivity contribution in [3.8, 4) is 0 Å². The van der Waals surface area contributed by atoms with E-state index in [9.17, 15) is 5.11 Å². The lowest BCUT2D eigenvalue weighted by atomic mass is 10.1. The summed E-state index contributed by atoms with van der Waals surface area (Å²) in [6.07, 6.45) is 3.79. The maximum Gasteiger partial charge on any atom is 0.0914 e. The van der Waals surface area contributed by atoms with Crippen LogP contribution in [0.2, 0.25) is 0 Å². The van der Waals surface area contributed by atoms with Crippen LogP contribution in [0.3, 0.4) is 0 Å². The van der Waals surface area contributed by atoms with Gasteiger partial charge in [0.05, 0.1) is 6.10 Å². The number of hydrogen-bond donors (Lipinski definition) is 3. The highest BCUT2D eigenvalue weighted by molar-refractivity contribution is 5.17. The standard InChI is InChI=1S/C14H23NO2/c16-11-7-2-1-6-10-15-12-14(17)13-8-4-3-5-9-13/h3-5,8-9,14-17H,1-2,6-7,10-12H2. The predicted octanol–water partition coefficient (Wildman–Crippen LogP) is 1.86. The van der Waals surface area contributed by atoms with Gasteiger partial charge in [-0.2, -0.15) is 0 Å². The molecule has 0 aromatic heterocycles. The van der Waals surface area contributed by atoms with Gasteiger partial charge in [-0.15, -0.1) is 0 Å². The minimum atomic E-state index is -0.423. The zero-order valence-electron chi connectivity index (χ0n) is 10.3. The molecule has 3 nitrogen and oxygen atoms in total. The smallest absolute Gasteiger partial charge is 0.0914 e. The molecular formula is C14H23NO2. The van der Waals surface area contributed by atoms with Crippen molar-refractivity contribution in [1.82, 2.24) is 5.32 Å². The Bertz CT molecular complexity index is 277. The van der Waals surface area contributed by atoms with Crippen LogP contribution in [0.5, 0.6) is 0 Å². The predicted molar refractivity (Wildman–Crippen MR) is 69.8 cm³/mol. The second kappa shape index (κ2) is 9.16. The van der Waals surface area contributed by atoms with Crippen molar-refractivity contribution in [3.05, 3.63) is 35.9 Å². The molecule has 1 aromatic carbocycles. The largest absolute Gasteiger partial charge is 0.396 e. The molecule has 1 rings (SSSR count). The summed E-state index contributed by atoms with van der Waals surface area (Å²) in [6, 6.07) is 9.70. The minimum absolute atomic E-state index is 0.292. The number of aliphatic hydroxyl groups is 2. The van der Waals surface area contributed by atoms with Gasteiger partial charge in [0, 0.05) is 13.2 Å². The molecule has 0 aliphatic rings. The molecule has 0 amide bonds. The van der Waals surface area contributed by atoms with Gasteiger partial charge in [0.15, 0.2) is 0 Å². The molecule has 0 fully saturated rings. The van der Waals surface area contributed by atoms with Crippen LogP contribution in [0, 0.1) is 0 Å². The zero-order chi connectivity index (χ0) is 12.3. The summed E-state index contributed by atoms with van der Waals surface area (Å²) in [5.74, 6) is 0. The second-order valence-corrected chi connectivity index (χ2v) is 4.27. The molecule has 0 saturated carbocycles. The van der Waals surface area contributed by atoms with E-state index in [2.05, 4.69) is 5.32 Å². The van der Waals surface area contributed by atoms with Crippen molar-refractivity contribution < 1.29 is 10.2 Å². The van der Waals surface area contributed by atoms with Crippen molar-refractivity contribution >= 4 is 0 Å². The van der Waals surface area contributed by atoms with Gasteiger partial charge in [0.25, 0.3) is 0 Å². The first-order chi connectivity index (χ1) is 8.34. The first-order valence-electron chi connectivity index (χ1n) is 6.39. The number of benzene rings is 1. The van der Waals surface area contributed by atoms with Crippen molar-refractivity contribution in [2.45, 2.75) is 31.8 Å². The van der Waals surface area contributed by atoms with Crippen LogP contribution in [0.4, 0.5) is 0 Å². The van der Waals surface area contributed by atoms with Crippen molar-refractivity contribution in [1.29, 1.82) is 0 Å². The quantitative estimate of drug-likeness (QED) is 0.575. The third-order valence-corrected chi connectivity index (χ3v) is 2.78. The summed E-state index contributed by atoms with van der Waals surface area (Å²) in [7, 11) is 0. The maximum absolute atomic E-state index is 9.87. The van der Waals surface area contributed by atoms with Crippen LogP contribution in [-0.4, -0.2) is 29.9 Å². The van der Waals surface area contributed by atoms with Crippen LogP contribution in [0.15, 0.2) is 30.3 Å². The highest BCUT2D eigenvalue weighted by Gasteiger charge is 2.04. The van der Waals surface area contributed by atoms with Crippen molar-refractivity contribution in [2.24, 2.45) is 0 Å². The third-order valence-electron chi connectivity index (χ3n) is 2.78. The van der Waals surface area contributed by atoms with E-state index in [0.29, 0.717) is 13.2 Å². The van der Waals surface area contributed by atoms with E-state index in [1.807, 2.05) is 30.3 Å². The summed E-state index contributed by atoms with van der Waals surface area (Å²) >= 11 is 0. The van der Waals surface area contributed by atoms with Crippen molar-refractivity contribution in [2.75, 3.05) is 19.7 Å². The molecule has 3 N–H and O–H groups in total. The Morgan fingerprint density at radius 2 is 1.71 bits per heavy atom. The maximum atomic E-state index is 9.87. The summed E-state index contributed by atoms with van der Waals surface area (Å²) in [4.78, 5) is 0. The fourth-order valence-electron chi connectivity index (χ4n) is 1.75. The molecule has 3 heteroatoms. The Kier molecular flexibility index (Phi) is 7.63. The first kappa shape index (κ1) is 14.2. The van der Waals surface area contributed by atoms with Crippen LogP contribution in [0.1, 0.15) is 37.4 Å². The molecule has 0 bridgehead atoms. The lowest BCUT2D eigenvalue weighted by Crippen LogP contribution is -2.22. The van der Waals surface area contributed by atoms with E-state index in [4.69, 9.17) is 5.11 Å². The monoisotopic (exact) mass is 237 g/mol. The molecule has 96 valence electrons. The summed E-state index contributed by atoms with van der Waals surface area (Å²) in [5.41, 5.74) is 0.959. The van der Waals surface area contributed by atoms with E-state index >= 15 is 0 Å². The highest BCUT2D eigenvalue weighted by atomic mass is 16.3. The van der Waals surface area contributed by atoms with Crippen molar-refractivity contribution in [3.63, 3.8) is 0 Å². The van der Waals surface area contributed by atoms with E-state index in [0.717, 1.165) is 37.8 Å². The third kappa shape index (κ3) is 6.41. The molecule has 1 aromatic rings. The van der Waals surface area contributed by atoms with Gasteiger partial charge < -0.3 is 15.5 Å². The summed E-state index contributed by atoms with van der Waals surface area (Å²) < 4.78 is 0. The number of rotatable bonds is 9. The lowest BCUT2D eigenvalue weighted by molar-refractivity contribution is 0.174. The topological polar surface area (TPSA) is 52.5 Å². The molecule has 0 saturated heterocycles. The average molecular weight is 237 g/mol. The average Bonchev–Trinajstić information content (AvgIpc) is 2.38. The SMILES string of the molecule is OCCCCCCNCC(O)c1ccccc1. The Balaban J connectivity index is 2.03. The Hall–Kier alpha value is -0.900. The van der Waals surface area contributed by atoms with Gasteiger partial charge in [-0.3, -0.25) is 0 Å². The molecule has 0 radical (unpaired) electrons. The zero-order valence-corrected chi connectivity index (χ0v) is 10.3. The van der Waals surface area contributed by atoms with Crippen LogP contribution >= 0.6 is 0 Å². The number of nitrogens with one attached hydrogen (secondary N) is 1. The number of hydrogen-bond acceptors (Lipinski definition) is 3. The number of unbranched alkanes of at least 4 members (excludes halogenated alkanes) is 3. The molecule has 0 aliphatic carbocycles.